The molecule has 7 aromatic carbocycles. The van der Waals surface area contributed by atoms with E-state index in [0.29, 0.717) is 17.5 Å². The van der Waals surface area contributed by atoms with Gasteiger partial charge in [0.1, 0.15) is 0 Å². The van der Waals surface area contributed by atoms with Crippen LogP contribution in [0, 0.1) is 0 Å². The summed E-state index contributed by atoms with van der Waals surface area (Å²) in [5, 5.41) is 0. The van der Waals surface area contributed by atoms with Crippen LogP contribution in [0.3, 0.4) is 0 Å². The van der Waals surface area contributed by atoms with E-state index in [-0.39, 0.29) is 0 Å². The Morgan fingerprint density at radius 2 is 0.500 bits per heavy atom. The van der Waals surface area contributed by atoms with Gasteiger partial charge in [-0.15, -0.1) is 0 Å². The molecular weight excluding hydrogens is 657 g/mol. The first-order valence-corrected chi connectivity index (χ1v) is 18.1. The second-order valence-corrected chi connectivity index (χ2v) is 13.1. The maximum atomic E-state index is 5.16. The van der Waals surface area contributed by atoms with E-state index >= 15 is 0 Å². The first-order chi connectivity index (χ1) is 26.7. The molecule has 0 fully saturated rings. The monoisotopic (exact) mass is 690 g/mol. The predicted octanol–water partition coefficient (Wildman–Crippen LogP) is 12.6. The third-order valence-corrected chi connectivity index (χ3v) is 9.55. The summed E-state index contributed by atoms with van der Waals surface area (Å²) in [6, 6.07) is 71.2. The summed E-state index contributed by atoms with van der Waals surface area (Å²) < 4.78 is 0. The quantitative estimate of drug-likeness (QED) is 0.159. The van der Waals surface area contributed by atoms with Crippen molar-refractivity contribution < 1.29 is 0 Å². The van der Waals surface area contributed by atoms with Gasteiger partial charge in [-0.1, -0.05) is 188 Å². The second-order valence-electron chi connectivity index (χ2n) is 13.1. The van der Waals surface area contributed by atoms with Gasteiger partial charge in [0.15, 0.2) is 17.5 Å². The predicted molar refractivity (Wildman–Crippen MR) is 221 cm³/mol. The van der Waals surface area contributed by atoms with Gasteiger partial charge < -0.3 is 0 Å². The van der Waals surface area contributed by atoms with Gasteiger partial charge in [-0.2, -0.15) is 0 Å². The molecule has 9 aromatic rings. The summed E-state index contributed by atoms with van der Waals surface area (Å²) in [6.45, 7) is 0. The normalized spacial score (nSPS) is 11.0. The molecule has 0 aliphatic heterocycles. The van der Waals surface area contributed by atoms with Crippen LogP contribution >= 0.6 is 0 Å². The van der Waals surface area contributed by atoms with Crippen molar-refractivity contribution in [3.8, 4) is 90.1 Å². The number of aromatic nitrogens is 4. The van der Waals surface area contributed by atoms with Gasteiger partial charge in [-0.05, 0) is 51.6 Å². The standard InChI is InChI=1S/C50H34N4/c1-5-14-35(15-6-1)36-24-26-38(27-25-36)45-33-46(39-16-7-2-8-17-39)51-47(34-45)40-30-28-37(29-31-40)43-22-13-23-44(32-43)50-53-48(41-18-9-3-10-19-41)52-49(54-50)42-20-11-4-12-21-42/h1-34H. The van der Waals surface area contributed by atoms with Gasteiger partial charge in [0.25, 0.3) is 0 Å². The molecule has 0 radical (unpaired) electrons. The van der Waals surface area contributed by atoms with E-state index < -0.39 is 0 Å². The molecule has 0 saturated heterocycles. The lowest BCUT2D eigenvalue weighted by atomic mass is 9.96. The lowest BCUT2D eigenvalue weighted by molar-refractivity contribution is 1.07. The molecule has 54 heavy (non-hydrogen) atoms. The molecule has 4 heteroatoms. The molecule has 0 amide bonds. The number of rotatable bonds is 8. The van der Waals surface area contributed by atoms with Crippen LogP contribution in [0.2, 0.25) is 0 Å². The summed E-state index contributed by atoms with van der Waals surface area (Å²) in [5.74, 6) is 1.92. The number of benzene rings is 7. The third kappa shape index (κ3) is 6.97. The van der Waals surface area contributed by atoms with Gasteiger partial charge in [0.2, 0.25) is 0 Å². The number of nitrogens with zero attached hydrogens (tertiary/aromatic N) is 4. The molecule has 0 N–H and O–H groups in total. The Labute approximate surface area is 315 Å². The minimum absolute atomic E-state index is 0.632. The fraction of sp³-hybridized carbons (Fsp3) is 0. The Kier molecular flexibility index (Phi) is 8.90. The first kappa shape index (κ1) is 32.6. The molecule has 2 heterocycles. The van der Waals surface area contributed by atoms with Crippen molar-refractivity contribution in [2.75, 3.05) is 0 Å². The Morgan fingerprint density at radius 3 is 1.00 bits per heavy atom. The minimum atomic E-state index is 0.632. The zero-order valence-corrected chi connectivity index (χ0v) is 29.4. The van der Waals surface area contributed by atoms with Gasteiger partial charge in [0, 0.05) is 27.8 Å². The lowest BCUT2D eigenvalue weighted by Gasteiger charge is -2.12. The van der Waals surface area contributed by atoms with Gasteiger partial charge >= 0.3 is 0 Å². The van der Waals surface area contributed by atoms with E-state index in [1.165, 1.54) is 11.1 Å². The maximum absolute atomic E-state index is 5.16. The van der Waals surface area contributed by atoms with Crippen molar-refractivity contribution in [1.29, 1.82) is 0 Å². The first-order valence-electron chi connectivity index (χ1n) is 18.1. The smallest absolute Gasteiger partial charge is 0.164 e. The topological polar surface area (TPSA) is 51.6 Å². The Bertz CT molecular complexity index is 2600. The molecule has 0 atom stereocenters. The molecule has 0 spiro atoms. The van der Waals surface area contributed by atoms with Crippen molar-refractivity contribution in [2.24, 2.45) is 0 Å². The highest BCUT2D eigenvalue weighted by atomic mass is 15.0. The van der Waals surface area contributed by atoms with Gasteiger partial charge in [-0.25, -0.2) is 19.9 Å². The van der Waals surface area contributed by atoms with Crippen LogP contribution in [-0.4, -0.2) is 19.9 Å². The zero-order valence-electron chi connectivity index (χ0n) is 29.4. The molecule has 4 nitrogen and oxygen atoms in total. The second kappa shape index (κ2) is 14.7. The van der Waals surface area contributed by atoms with Crippen LogP contribution in [0.4, 0.5) is 0 Å². The molecular formula is C50H34N4. The van der Waals surface area contributed by atoms with Crippen molar-refractivity contribution in [3.63, 3.8) is 0 Å². The Morgan fingerprint density at radius 1 is 0.185 bits per heavy atom. The van der Waals surface area contributed by atoms with Gasteiger partial charge in [-0.3, -0.25) is 0 Å². The average molecular weight is 691 g/mol. The third-order valence-electron chi connectivity index (χ3n) is 9.55. The van der Waals surface area contributed by atoms with Crippen molar-refractivity contribution in [3.05, 3.63) is 206 Å². The van der Waals surface area contributed by atoms with Gasteiger partial charge in [0.05, 0.1) is 11.4 Å². The molecule has 2 aromatic heterocycles. The Balaban J connectivity index is 1.06. The number of pyridine rings is 1. The maximum Gasteiger partial charge on any atom is 0.164 e. The van der Waals surface area contributed by atoms with Crippen LogP contribution in [0.15, 0.2) is 206 Å². The van der Waals surface area contributed by atoms with E-state index in [2.05, 4.69) is 133 Å². The molecule has 254 valence electrons. The number of hydrogen-bond acceptors (Lipinski definition) is 4. The van der Waals surface area contributed by atoms with E-state index in [0.717, 1.165) is 61.5 Å². The average Bonchev–Trinajstić information content (AvgIpc) is 3.27. The number of hydrogen-bond donors (Lipinski definition) is 0. The highest BCUT2D eigenvalue weighted by Crippen LogP contribution is 2.34. The lowest BCUT2D eigenvalue weighted by Crippen LogP contribution is -2.00. The molecule has 9 rings (SSSR count). The molecule has 0 unspecified atom stereocenters. The van der Waals surface area contributed by atoms with Crippen LogP contribution in [0.5, 0.6) is 0 Å². The van der Waals surface area contributed by atoms with E-state index in [4.69, 9.17) is 19.9 Å². The SMILES string of the molecule is c1ccc(-c2ccc(-c3cc(-c4ccccc4)nc(-c4ccc(-c5cccc(-c6nc(-c7ccccc7)nc(-c7ccccc7)n6)c5)cc4)c3)cc2)cc1. The fourth-order valence-corrected chi connectivity index (χ4v) is 6.70. The summed E-state index contributed by atoms with van der Waals surface area (Å²) in [4.78, 5) is 19.9. The zero-order chi connectivity index (χ0) is 36.1. The summed E-state index contributed by atoms with van der Waals surface area (Å²) >= 11 is 0. The minimum Gasteiger partial charge on any atom is -0.248 e. The largest absolute Gasteiger partial charge is 0.248 e. The summed E-state index contributed by atoms with van der Waals surface area (Å²) in [5.41, 5.74) is 13.7. The van der Waals surface area contributed by atoms with E-state index in [9.17, 15) is 0 Å². The van der Waals surface area contributed by atoms with Crippen molar-refractivity contribution in [1.82, 2.24) is 19.9 Å². The van der Waals surface area contributed by atoms with Crippen LogP contribution in [0.1, 0.15) is 0 Å². The molecule has 0 bridgehead atoms. The van der Waals surface area contributed by atoms with E-state index in [1.807, 2.05) is 72.8 Å². The summed E-state index contributed by atoms with van der Waals surface area (Å²) in [7, 11) is 0. The van der Waals surface area contributed by atoms with Crippen molar-refractivity contribution in [2.45, 2.75) is 0 Å². The van der Waals surface area contributed by atoms with Crippen LogP contribution in [0.25, 0.3) is 90.1 Å². The molecule has 0 aliphatic carbocycles. The highest BCUT2D eigenvalue weighted by molar-refractivity contribution is 5.80. The summed E-state index contributed by atoms with van der Waals surface area (Å²) in [6.07, 6.45) is 0. The van der Waals surface area contributed by atoms with Crippen LogP contribution < -0.4 is 0 Å². The van der Waals surface area contributed by atoms with E-state index in [1.54, 1.807) is 0 Å². The molecule has 0 saturated carbocycles. The van der Waals surface area contributed by atoms with Crippen LogP contribution in [-0.2, 0) is 0 Å². The Hall–Kier alpha value is -7.30. The fourth-order valence-electron chi connectivity index (χ4n) is 6.70. The highest BCUT2D eigenvalue weighted by Gasteiger charge is 2.14. The molecule has 0 aliphatic rings. The van der Waals surface area contributed by atoms with Crippen molar-refractivity contribution >= 4 is 0 Å².